The van der Waals surface area contributed by atoms with Crippen molar-refractivity contribution in [1.29, 1.82) is 0 Å². The summed E-state index contributed by atoms with van der Waals surface area (Å²) in [6.07, 6.45) is 0.309. The molecular weight excluding hydrogens is 242 g/mol. The van der Waals surface area contributed by atoms with Gasteiger partial charge in [0.1, 0.15) is 0 Å². The van der Waals surface area contributed by atoms with Gasteiger partial charge in [-0.2, -0.15) is 0 Å². The SMILES string of the molecule is Cc1cc2c(cc1N)[nH]c(=O)n2C(=O)CC(C)(C)C. The maximum atomic E-state index is 12.3. The first-order valence-electron chi connectivity index (χ1n) is 6.23. The molecule has 3 N–H and O–H groups in total. The summed E-state index contributed by atoms with van der Waals surface area (Å²) in [5.74, 6) is -0.201. The van der Waals surface area contributed by atoms with Crippen molar-refractivity contribution in [3.63, 3.8) is 0 Å². The zero-order valence-electron chi connectivity index (χ0n) is 11.7. The van der Waals surface area contributed by atoms with E-state index in [1.165, 1.54) is 4.57 Å². The minimum Gasteiger partial charge on any atom is -0.398 e. The Bertz CT molecular complexity index is 702. The molecule has 0 atom stereocenters. The van der Waals surface area contributed by atoms with Crippen LogP contribution in [0.4, 0.5) is 5.69 Å². The van der Waals surface area contributed by atoms with Crippen LogP contribution in [0.15, 0.2) is 16.9 Å². The molecule has 2 rings (SSSR count). The molecule has 0 amide bonds. The molecule has 0 aliphatic carbocycles. The zero-order valence-corrected chi connectivity index (χ0v) is 11.7. The predicted molar refractivity (Wildman–Crippen MR) is 76.4 cm³/mol. The number of anilines is 1. The number of aromatic amines is 1. The molecule has 0 saturated heterocycles. The number of carbonyl (C=O) groups excluding carboxylic acids is 1. The van der Waals surface area contributed by atoms with Crippen LogP contribution in [-0.2, 0) is 0 Å². The first-order valence-corrected chi connectivity index (χ1v) is 6.23. The highest BCUT2D eigenvalue weighted by molar-refractivity contribution is 5.92. The Balaban J connectivity index is 2.61. The first kappa shape index (κ1) is 13.4. The second-order valence-corrected chi connectivity index (χ2v) is 6.12. The van der Waals surface area contributed by atoms with Crippen molar-refractivity contribution in [3.8, 4) is 0 Å². The number of hydrogen-bond acceptors (Lipinski definition) is 3. The van der Waals surface area contributed by atoms with Crippen LogP contribution in [0.5, 0.6) is 0 Å². The van der Waals surface area contributed by atoms with Crippen LogP contribution in [0.3, 0.4) is 0 Å². The van der Waals surface area contributed by atoms with Crippen LogP contribution in [0.1, 0.15) is 37.6 Å². The molecular formula is C14H19N3O2. The standard InChI is InChI=1S/C14H19N3O2/c1-8-5-11-10(6-9(8)15)16-13(19)17(11)12(18)7-14(2,3)4/h5-6H,7,15H2,1-4H3,(H,16,19). The summed E-state index contributed by atoms with van der Waals surface area (Å²) < 4.78 is 1.20. The van der Waals surface area contributed by atoms with Crippen LogP contribution in [-0.4, -0.2) is 15.5 Å². The van der Waals surface area contributed by atoms with E-state index in [-0.39, 0.29) is 11.3 Å². The largest absolute Gasteiger partial charge is 0.398 e. The van der Waals surface area contributed by atoms with Crippen LogP contribution < -0.4 is 11.4 Å². The number of carbonyl (C=O) groups is 1. The van der Waals surface area contributed by atoms with Crippen LogP contribution in [0.25, 0.3) is 11.0 Å². The van der Waals surface area contributed by atoms with Gasteiger partial charge in [0.2, 0.25) is 5.91 Å². The molecule has 102 valence electrons. The quantitative estimate of drug-likeness (QED) is 0.773. The number of imidazole rings is 1. The average Bonchev–Trinajstić information content (AvgIpc) is 2.52. The molecule has 0 aliphatic heterocycles. The van der Waals surface area contributed by atoms with E-state index in [2.05, 4.69) is 4.98 Å². The van der Waals surface area contributed by atoms with Gasteiger partial charge in [-0.1, -0.05) is 20.8 Å². The molecule has 1 aromatic heterocycles. The molecule has 19 heavy (non-hydrogen) atoms. The van der Waals surface area contributed by atoms with Crippen molar-refractivity contribution in [1.82, 2.24) is 9.55 Å². The lowest BCUT2D eigenvalue weighted by Crippen LogP contribution is -2.27. The summed E-state index contributed by atoms with van der Waals surface area (Å²) in [5.41, 5.74) is 7.87. The number of aryl methyl sites for hydroxylation is 1. The maximum Gasteiger partial charge on any atom is 0.333 e. The van der Waals surface area contributed by atoms with Crippen molar-refractivity contribution in [3.05, 3.63) is 28.2 Å². The smallest absolute Gasteiger partial charge is 0.333 e. The van der Waals surface area contributed by atoms with Gasteiger partial charge in [0, 0.05) is 12.1 Å². The topological polar surface area (TPSA) is 80.9 Å². The lowest BCUT2D eigenvalue weighted by Gasteiger charge is -2.16. The van der Waals surface area contributed by atoms with Crippen LogP contribution in [0, 0.1) is 12.3 Å². The Morgan fingerprint density at radius 3 is 2.58 bits per heavy atom. The average molecular weight is 261 g/mol. The van der Waals surface area contributed by atoms with Gasteiger partial charge in [-0.25, -0.2) is 9.36 Å². The van der Waals surface area contributed by atoms with Gasteiger partial charge < -0.3 is 10.7 Å². The first-order chi connectivity index (χ1) is 8.69. The minimum atomic E-state index is -0.408. The van der Waals surface area contributed by atoms with Crippen molar-refractivity contribution < 1.29 is 4.79 Å². The fraction of sp³-hybridized carbons (Fsp3) is 0.429. The normalized spacial score (nSPS) is 12.0. The number of nitrogens with zero attached hydrogens (tertiary/aromatic N) is 1. The lowest BCUT2D eigenvalue weighted by molar-refractivity contribution is 0.0858. The fourth-order valence-corrected chi connectivity index (χ4v) is 2.06. The summed E-state index contributed by atoms with van der Waals surface area (Å²) >= 11 is 0. The third-order valence-corrected chi connectivity index (χ3v) is 3.00. The Hall–Kier alpha value is -2.04. The monoisotopic (exact) mass is 261 g/mol. The van der Waals surface area contributed by atoms with E-state index in [1.54, 1.807) is 12.1 Å². The highest BCUT2D eigenvalue weighted by Crippen LogP contribution is 2.22. The van der Waals surface area contributed by atoms with Gasteiger partial charge in [-0.15, -0.1) is 0 Å². The molecule has 0 aliphatic rings. The number of nitrogens with two attached hydrogens (primary N) is 1. The van der Waals surface area contributed by atoms with E-state index in [9.17, 15) is 9.59 Å². The summed E-state index contributed by atoms with van der Waals surface area (Å²) in [6.45, 7) is 7.75. The summed E-state index contributed by atoms with van der Waals surface area (Å²) in [5, 5.41) is 0. The second kappa shape index (κ2) is 4.26. The van der Waals surface area contributed by atoms with Crippen molar-refractivity contribution in [2.45, 2.75) is 34.1 Å². The molecule has 5 nitrogen and oxygen atoms in total. The molecule has 1 heterocycles. The Kier molecular flexibility index (Phi) is 3.00. The number of nitrogens with one attached hydrogen (secondary N) is 1. The van der Waals surface area contributed by atoms with E-state index >= 15 is 0 Å². The Morgan fingerprint density at radius 1 is 1.37 bits per heavy atom. The number of H-pyrrole nitrogens is 1. The van der Waals surface area contributed by atoms with Gasteiger partial charge in [-0.3, -0.25) is 4.79 Å². The fourth-order valence-electron chi connectivity index (χ4n) is 2.06. The van der Waals surface area contributed by atoms with Gasteiger partial charge >= 0.3 is 5.69 Å². The zero-order chi connectivity index (χ0) is 14.4. The number of benzene rings is 1. The maximum absolute atomic E-state index is 12.3. The van der Waals surface area contributed by atoms with Gasteiger partial charge in [0.25, 0.3) is 0 Å². The van der Waals surface area contributed by atoms with Gasteiger partial charge in [0.05, 0.1) is 11.0 Å². The Morgan fingerprint density at radius 2 is 2.00 bits per heavy atom. The summed E-state index contributed by atoms with van der Waals surface area (Å²) in [6, 6.07) is 3.45. The van der Waals surface area contributed by atoms with Crippen molar-refractivity contribution >= 4 is 22.6 Å². The third kappa shape index (κ3) is 2.54. The van der Waals surface area contributed by atoms with E-state index in [1.807, 2.05) is 27.7 Å². The van der Waals surface area contributed by atoms with Crippen LogP contribution in [0.2, 0.25) is 0 Å². The van der Waals surface area contributed by atoms with E-state index < -0.39 is 5.69 Å². The molecule has 1 aromatic carbocycles. The highest BCUT2D eigenvalue weighted by Gasteiger charge is 2.21. The van der Waals surface area contributed by atoms with Gasteiger partial charge in [0.15, 0.2) is 0 Å². The molecule has 0 radical (unpaired) electrons. The molecule has 0 unspecified atom stereocenters. The summed E-state index contributed by atoms with van der Waals surface area (Å²) in [4.78, 5) is 26.9. The number of rotatable bonds is 1. The minimum absolute atomic E-state index is 0.164. The van der Waals surface area contributed by atoms with E-state index in [0.29, 0.717) is 23.1 Å². The van der Waals surface area contributed by atoms with Crippen LogP contribution >= 0.6 is 0 Å². The third-order valence-electron chi connectivity index (χ3n) is 3.00. The van der Waals surface area contributed by atoms with Crippen molar-refractivity contribution in [2.24, 2.45) is 5.41 Å². The second-order valence-electron chi connectivity index (χ2n) is 6.12. The number of fused-ring (bicyclic) bond motifs is 1. The molecule has 0 spiro atoms. The molecule has 2 aromatic rings. The molecule has 5 heteroatoms. The predicted octanol–water partition coefficient (Wildman–Crippen LogP) is 2.30. The number of hydrogen-bond donors (Lipinski definition) is 2. The van der Waals surface area contributed by atoms with E-state index in [0.717, 1.165) is 5.56 Å². The lowest BCUT2D eigenvalue weighted by atomic mass is 9.92. The molecule has 0 bridgehead atoms. The number of nitrogen functional groups attached to an aromatic ring is 1. The van der Waals surface area contributed by atoms with Crippen molar-refractivity contribution in [2.75, 3.05) is 5.73 Å². The van der Waals surface area contributed by atoms with Gasteiger partial charge in [-0.05, 0) is 30.0 Å². The Labute approximate surface area is 111 Å². The van der Waals surface area contributed by atoms with E-state index in [4.69, 9.17) is 5.73 Å². The molecule has 0 saturated carbocycles. The number of aromatic nitrogens is 2. The highest BCUT2D eigenvalue weighted by atomic mass is 16.2. The molecule has 0 fully saturated rings. The summed E-state index contributed by atoms with van der Waals surface area (Å²) in [7, 11) is 0.